The number of ether oxygens (including phenoxy) is 3. The summed E-state index contributed by atoms with van der Waals surface area (Å²) in [6.07, 6.45) is 1.72. The van der Waals surface area contributed by atoms with Crippen LogP contribution in [0.1, 0.15) is 23.5 Å². The molecule has 1 N–H and O–H groups in total. The van der Waals surface area contributed by atoms with E-state index in [0.29, 0.717) is 45.1 Å². The van der Waals surface area contributed by atoms with Gasteiger partial charge in [-0.1, -0.05) is 6.07 Å². The molecule has 1 aliphatic heterocycles. The number of benzene rings is 2. The molecule has 0 unspecified atom stereocenters. The van der Waals surface area contributed by atoms with Crippen molar-refractivity contribution in [2.24, 2.45) is 0 Å². The molecule has 4 aromatic rings. The highest BCUT2D eigenvalue weighted by Gasteiger charge is 2.43. The Labute approximate surface area is 223 Å². The summed E-state index contributed by atoms with van der Waals surface area (Å²) in [7, 11) is 4.64. The van der Waals surface area contributed by atoms with Crippen LogP contribution in [-0.2, 0) is 0 Å². The Bertz CT molecular complexity index is 1490. The highest BCUT2D eigenvalue weighted by Crippen LogP contribution is 2.47. The van der Waals surface area contributed by atoms with E-state index in [1.165, 1.54) is 19.2 Å². The second-order valence-corrected chi connectivity index (χ2v) is 8.76. The van der Waals surface area contributed by atoms with E-state index in [1.807, 2.05) is 47.4 Å². The van der Waals surface area contributed by atoms with Gasteiger partial charge in [0.1, 0.15) is 34.8 Å². The molecule has 0 aliphatic carbocycles. The molecule has 1 saturated heterocycles. The number of furan rings is 1. The van der Waals surface area contributed by atoms with E-state index < -0.39 is 11.0 Å². The van der Waals surface area contributed by atoms with E-state index in [-0.39, 0.29) is 11.7 Å². The lowest BCUT2D eigenvalue weighted by Gasteiger charge is -2.27. The molecule has 0 radical (unpaired) electrons. The normalized spacial score (nSPS) is 16.7. The minimum atomic E-state index is -0.470. The molecule has 0 amide bonds. The highest BCUT2D eigenvalue weighted by atomic mass is 32.1. The number of non-ortho nitro benzene ring substituents is 1. The standard InChI is InChI=1S/C27H24N4O6S/c1-34-17-8-10-22(35-2)20(15-17)30-26(25(29-27(30)38)19-6-4-5-13-28-19)23-12-11-21(37-23)18-9-7-16(31(32)33)14-24(18)36-3/h4-15,25-26H,1-3H3,(H,29,38)/t25-,26+/m0/s1. The number of nitro benzene ring substituents is 1. The topological polar surface area (TPSA) is 112 Å². The van der Waals surface area contributed by atoms with E-state index >= 15 is 0 Å². The first-order valence-electron chi connectivity index (χ1n) is 11.6. The van der Waals surface area contributed by atoms with Gasteiger partial charge in [-0.2, -0.15) is 0 Å². The number of thiocarbonyl (C=S) groups is 1. The van der Waals surface area contributed by atoms with Gasteiger partial charge in [0.05, 0.1) is 55.3 Å². The van der Waals surface area contributed by atoms with Crippen LogP contribution in [0.4, 0.5) is 11.4 Å². The quantitative estimate of drug-likeness (QED) is 0.178. The molecular formula is C27H24N4O6S. The van der Waals surface area contributed by atoms with Gasteiger partial charge in [0, 0.05) is 18.3 Å². The van der Waals surface area contributed by atoms with Crippen molar-refractivity contribution in [1.82, 2.24) is 10.3 Å². The molecule has 11 heteroatoms. The Hall–Kier alpha value is -4.64. The van der Waals surface area contributed by atoms with E-state index in [4.69, 9.17) is 30.8 Å². The third-order valence-electron chi connectivity index (χ3n) is 6.32. The summed E-state index contributed by atoms with van der Waals surface area (Å²) in [6.45, 7) is 0. The van der Waals surface area contributed by atoms with Gasteiger partial charge in [0.2, 0.25) is 0 Å². The molecule has 0 saturated carbocycles. The molecule has 10 nitrogen and oxygen atoms in total. The van der Waals surface area contributed by atoms with Crippen LogP contribution in [0.3, 0.4) is 0 Å². The van der Waals surface area contributed by atoms with Crippen LogP contribution < -0.4 is 24.4 Å². The minimum Gasteiger partial charge on any atom is -0.497 e. The van der Waals surface area contributed by atoms with Gasteiger partial charge >= 0.3 is 0 Å². The molecule has 0 bridgehead atoms. The lowest BCUT2D eigenvalue weighted by atomic mass is 10.0. The minimum absolute atomic E-state index is 0.0748. The van der Waals surface area contributed by atoms with Gasteiger partial charge in [-0.3, -0.25) is 15.1 Å². The van der Waals surface area contributed by atoms with Crippen LogP contribution in [0, 0.1) is 10.1 Å². The van der Waals surface area contributed by atoms with E-state index in [0.717, 1.165) is 5.69 Å². The van der Waals surface area contributed by atoms with Crippen molar-refractivity contribution in [3.8, 4) is 28.6 Å². The predicted octanol–water partition coefficient (Wildman–Crippen LogP) is 5.45. The van der Waals surface area contributed by atoms with Crippen LogP contribution in [0.15, 0.2) is 77.3 Å². The highest BCUT2D eigenvalue weighted by molar-refractivity contribution is 7.80. The molecule has 1 aliphatic rings. The van der Waals surface area contributed by atoms with Crippen molar-refractivity contribution in [1.29, 1.82) is 0 Å². The number of anilines is 1. The van der Waals surface area contributed by atoms with Crippen molar-refractivity contribution >= 4 is 28.7 Å². The molecule has 2 aromatic heterocycles. The second kappa shape index (κ2) is 10.4. The van der Waals surface area contributed by atoms with E-state index in [1.54, 1.807) is 32.5 Å². The zero-order valence-electron chi connectivity index (χ0n) is 20.8. The summed E-state index contributed by atoms with van der Waals surface area (Å²) in [6, 6.07) is 18.4. The Morgan fingerprint density at radius 1 is 1.00 bits per heavy atom. The summed E-state index contributed by atoms with van der Waals surface area (Å²) in [4.78, 5) is 17.3. The Morgan fingerprint density at radius 3 is 2.50 bits per heavy atom. The number of aromatic nitrogens is 1. The second-order valence-electron chi connectivity index (χ2n) is 8.38. The number of nitro groups is 1. The van der Waals surface area contributed by atoms with Gasteiger partial charge in [-0.15, -0.1) is 0 Å². The largest absolute Gasteiger partial charge is 0.497 e. The first-order valence-corrected chi connectivity index (χ1v) is 12.0. The van der Waals surface area contributed by atoms with Crippen molar-refractivity contribution in [2.45, 2.75) is 12.1 Å². The van der Waals surface area contributed by atoms with Crippen LogP contribution >= 0.6 is 12.2 Å². The van der Waals surface area contributed by atoms with E-state index in [9.17, 15) is 10.1 Å². The maximum absolute atomic E-state index is 11.2. The lowest BCUT2D eigenvalue weighted by molar-refractivity contribution is -0.384. The maximum Gasteiger partial charge on any atom is 0.273 e. The van der Waals surface area contributed by atoms with E-state index in [2.05, 4.69) is 10.3 Å². The monoisotopic (exact) mass is 532 g/mol. The zero-order chi connectivity index (χ0) is 26.8. The fraction of sp³-hybridized carbons (Fsp3) is 0.185. The molecule has 2 aromatic carbocycles. The smallest absolute Gasteiger partial charge is 0.273 e. The fourth-order valence-corrected chi connectivity index (χ4v) is 4.88. The third-order valence-corrected chi connectivity index (χ3v) is 6.64. The Kier molecular flexibility index (Phi) is 6.84. The van der Waals surface area contributed by atoms with Crippen LogP contribution in [0.5, 0.6) is 17.2 Å². The van der Waals surface area contributed by atoms with Gasteiger partial charge in [0.15, 0.2) is 5.11 Å². The molecule has 2 atom stereocenters. The van der Waals surface area contributed by atoms with Crippen molar-refractivity contribution < 1.29 is 23.6 Å². The molecule has 194 valence electrons. The molecule has 3 heterocycles. The number of nitrogens with one attached hydrogen (secondary N) is 1. The summed E-state index contributed by atoms with van der Waals surface area (Å²) in [5.41, 5.74) is 1.97. The average molecular weight is 533 g/mol. The summed E-state index contributed by atoms with van der Waals surface area (Å²) >= 11 is 5.81. The third kappa shape index (κ3) is 4.48. The molecule has 1 fully saturated rings. The number of hydrogen-bond acceptors (Lipinski definition) is 8. The summed E-state index contributed by atoms with van der Waals surface area (Å²) in [5.74, 6) is 2.65. The molecule has 0 spiro atoms. The zero-order valence-corrected chi connectivity index (χ0v) is 21.6. The first kappa shape index (κ1) is 25.0. The van der Waals surface area contributed by atoms with Crippen molar-refractivity contribution in [2.75, 3.05) is 26.2 Å². The molecule has 5 rings (SSSR count). The fourth-order valence-electron chi connectivity index (χ4n) is 4.54. The SMILES string of the molecule is COc1ccc(OC)c(N2C(=S)N[C@@H](c3ccccn3)[C@H]2c2ccc(-c3ccc([N+](=O)[O-])cc3OC)o2)c1. The Morgan fingerprint density at radius 2 is 1.82 bits per heavy atom. The molecule has 38 heavy (non-hydrogen) atoms. The number of nitrogens with zero attached hydrogens (tertiary/aromatic N) is 3. The van der Waals surface area contributed by atoms with Gasteiger partial charge < -0.3 is 28.8 Å². The Balaban J connectivity index is 1.63. The summed E-state index contributed by atoms with van der Waals surface area (Å²) < 4.78 is 23.0. The number of pyridine rings is 1. The number of rotatable bonds is 8. The van der Waals surface area contributed by atoms with Crippen LogP contribution in [0.25, 0.3) is 11.3 Å². The van der Waals surface area contributed by atoms with Crippen molar-refractivity contribution in [3.63, 3.8) is 0 Å². The first-order chi connectivity index (χ1) is 18.4. The van der Waals surface area contributed by atoms with Gasteiger partial charge in [-0.25, -0.2) is 0 Å². The van der Waals surface area contributed by atoms with Crippen molar-refractivity contribution in [3.05, 3.63) is 94.5 Å². The van der Waals surface area contributed by atoms with Crippen LogP contribution in [0.2, 0.25) is 0 Å². The maximum atomic E-state index is 11.2. The van der Waals surface area contributed by atoms with Crippen LogP contribution in [-0.4, -0.2) is 36.3 Å². The lowest BCUT2D eigenvalue weighted by Crippen LogP contribution is -2.29. The predicted molar refractivity (Wildman–Crippen MR) is 145 cm³/mol. The summed E-state index contributed by atoms with van der Waals surface area (Å²) in [5, 5.41) is 15.1. The molecular weight excluding hydrogens is 508 g/mol. The number of hydrogen-bond donors (Lipinski definition) is 1. The number of methoxy groups -OCH3 is 3. The van der Waals surface area contributed by atoms with Gasteiger partial charge in [-0.05, 0) is 54.7 Å². The van der Waals surface area contributed by atoms with Gasteiger partial charge in [0.25, 0.3) is 5.69 Å². The average Bonchev–Trinajstić information content (AvgIpc) is 3.57.